The molecule has 0 bridgehead atoms. The minimum atomic E-state index is 0.375. The predicted octanol–water partition coefficient (Wildman–Crippen LogP) is 2.33. The van der Waals surface area contributed by atoms with E-state index in [-0.39, 0.29) is 0 Å². The molecule has 0 amide bonds. The molecule has 1 N–H and O–H groups in total. The van der Waals surface area contributed by atoms with Crippen molar-refractivity contribution in [3.63, 3.8) is 0 Å². The monoisotopic (exact) mass is 230 g/mol. The molecule has 0 aliphatic carbocycles. The first-order valence-electron chi connectivity index (χ1n) is 4.79. The summed E-state index contributed by atoms with van der Waals surface area (Å²) < 4.78 is 0. The summed E-state index contributed by atoms with van der Waals surface area (Å²) in [5, 5.41) is 13.8. The maximum atomic E-state index is 8.69. The van der Waals surface area contributed by atoms with E-state index < -0.39 is 0 Å². The fourth-order valence-electron chi connectivity index (χ4n) is 1.25. The van der Waals surface area contributed by atoms with E-state index in [1.165, 1.54) is 10.4 Å². The maximum absolute atomic E-state index is 8.69. The van der Waals surface area contributed by atoms with Crippen LogP contribution < -0.4 is 5.32 Å². The number of thiophene rings is 1. The molecule has 80 valence electrons. The zero-order chi connectivity index (χ0) is 11.4. The van der Waals surface area contributed by atoms with E-state index in [1.54, 1.807) is 23.6 Å². The average Bonchev–Trinajstić information content (AvgIpc) is 2.72. The van der Waals surface area contributed by atoms with E-state index in [4.69, 9.17) is 5.26 Å². The third-order valence-corrected chi connectivity index (χ3v) is 3.17. The average molecular weight is 230 g/mol. The van der Waals surface area contributed by atoms with Gasteiger partial charge in [-0.15, -0.1) is 11.3 Å². The van der Waals surface area contributed by atoms with Crippen molar-refractivity contribution in [3.8, 4) is 6.07 Å². The molecule has 0 fully saturated rings. The molecule has 5 heteroatoms. The molecule has 4 nitrogen and oxygen atoms in total. The van der Waals surface area contributed by atoms with Crippen LogP contribution in [0.5, 0.6) is 0 Å². The van der Waals surface area contributed by atoms with Crippen LogP contribution in [0.25, 0.3) is 0 Å². The molecule has 16 heavy (non-hydrogen) atoms. The van der Waals surface area contributed by atoms with Crippen LogP contribution in [0.15, 0.2) is 23.7 Å². The van der Waals surface area contributed by atoms with Crippen molar-refractivity contribution in [1.29, 1.82) is 5.26 Å². The van der Waals surface area contributed by atoms with E-state index in [2.05, 4.69) is 33.7 Å². The second kappa shape index (κ2) is 4.73. The van der Waals surface area contributed by atoms with Crippen LogP contribution in [-0.2, 0) is 6.54 Å². The zero-order valence-electron chi connectivity index (χ0n) is 8.77. The van der Waals surface area contributed by atoms with Crippen molar-refractivity contribution in [1.82, 2.24) is 9.97 Å². The Kier molecular flexibility index (Phi) is 3.13. The first kappa shape index (κ1) is 10.6. The van der Waals surface area contributed by atoms with Crippen LogP contribution >= 0.6 is 11.3 Å². The van der Waals surface area contributed by atoms with Crippen molar-refractivity contribution < 1.29 is 0 Å². The summed E-state index contributed by atoms with van der Waals surface area (Å²) in [6, 6.07) is 5.65. The summed E-state index contributed by atoms with van der Waals surface area (Å²) >= 11 is 1.70. The van der Waals surface area contributed by atoms with Gasteiger partial charge in [-0.2, -0.15) is 5.26 Å². The molecule has 0 aliphatic rings. The van der Waals surface area contributed by atoms with Gasteiger partial charge in [0.1, 0.15) is 11.8 Å². The highest BCUT2D eigenvalue weighted by molar-refractivity contribution is 7.10. The summed E-state index contributed by atoms with van der Waals surface area (Å²) in [6.07, 6.45) is 1.58. The largest absolute Gasteiger partial charge is 0.349 e. The van der Waals surface area contributed by atoms with Crippen LogP contribution in [-0.4, -0.2) is 9.97 Å². The lowest BCUT2D eigenvalue weighted by Gasteiger charge is -2.03. The van der Waals surface area contributed by atoms with Gasteiger partial charge in [0.15, 0.2) is 0 Å². The molecule has 0 saturated carbocycles. The molecule has 0 unspecified atom stereocenters. The Hall–Kier alpha value is -1.93. The summed E-state index contributed by atoms with van der Waals surface area (Å²) in [6.45, 7) is 2.76. The van der Waals surface area contributed by atoms with E-state index >= 15 is 0 Å². The van der Waals surface area contributed by atoms with Crippen molar-refractivity contribution in [3.05, 3.63) is 39.8 Å². The van der Waals surface area contributed by atoms with E-state index in [1.807, 2.05) is 6.07 Å². The number of nitrogens with zero attached hydrogens (tertiary/aromatic N) is 3. The number of rotatable bonds is 3. The minimum Gasteiger partial charge on any atom is -0.349 e. The quantitative estimate of drug-likeness (QED) is 0.879. The topological polar surface area (TPSA) is 61.6 Å². The molecule has 2 heterocycles. The Labute approximate surface area is 97.6 Å². The van der Waals surface area contributed by atoms with Crippen molar-refractivity contribution in [2.75, 3.05) is 5.32 Å². The van der Waals surface area contributed by atoms with Crippen molar-refractivity contribution in [2.24, 2.45) is 0 Å². The lowest BCUT2D eigenvalue weighted by Crippen LogP contribution is -2.03. The number of nitrogens with one attached hydrogen (secondary N) is 1. The number of aromatic nitrogens is 2. The highest BCUT2D eigenvalue weighted by Crippen LogP contribution is 2.16. The molecule has 2 rings (SSSR count). The highest BCUT2D eigenvalue weighted by Gasteiger charge is 2.01. The number of anilines is 1. The van der Waals surface area contributed by atoms with Gasteiger partial charge in [-0.25, -0.2) is 9.97 Å². The number of aryl methyl sites for hydroxylation is 1. The number of hydrogen-bond donors (Lipinski definition) is 1. The fourth-order valence-corrected chi connectivity index (χ4v) is 2.10. The number of nitriles is 1. The molecule has 0 atom stereocenters. The molecular weight excluding hydrogens is 220 g/mol. The Morgan fingerprint density at radius 3 is 3.06 bits per heavy atom. The summed E-state index contributed by atoms with van der Waals surface area (Å²) in [5.41, 5.74) is 1.63. The van der Waals surface area contributed by atoms with Crippen LogP contribution in [0.3, 0.4) is 0 Å². The van der Waals surface area contributed by atoms with Gasteiger partial charge in [-0.1, -0.05) is 0 Å². The summed E-state index contributed by atoms with van der Waals surface area (Å²) in [5.74, 6) is 0.492. The van der Waals surface area contributed by atoms with E-state index in [0.717, 1.165) is 0 Å². The maximum Gasteiger partial charge on any atom is 0.224 e. The SMILES string of the molecule is Cc1ccsc1CNc1nccc(C#N)n1. The van der Waals surface area contributed by atoms with Crippen molar-refractivity contribution in [2.45, 2.75) is 13.5 Å². The zero-order valence-corrected chi connectivity index (χ0v) is 9.58. The normalized spacial score (nSPS) is 9.75. The lowest BCUT2D eigenvalue weighted by atomic mass is 10.3. The van der Waals surface area contributed by atoms with E-state index in [0.29, 0.717) is 18.2 Å². The Bertz CT molecular complexity index is 527. The number of hydrogen-bond acceptors (Lipinski definition) is 5. The highest BCUT2D eigenvalue weighted by atomic mass is 32.1. The predicted molar refractivity (Wildman–Crippen MR) is 63.1 cm³/mol. The minimum absolute atomic E-state index is 0.375. The second-order valence-electron chi connectivity index (χ2n) is 3.26. The molecule has 0 radical (unpaired) electrons. The molecule has 2 aromatic heterocycles. The van der Waals surface area contributed by atoms with Crippen LogP contribution in [0.2, 0.25) is 0 Å². The molecule has 0 aromatic carbocycles. The fraction of sp³-hybridized carbons (Fsp3) is 0.182. The second-order valence-corrected chi connectivity index (χ2v) is 4.26. The Balaban J connectivity index is 2.05. The van der Waals surface area contributed by atoms with Crippen LogP contribution in [0.1, 0.15) is 16.1 Å². The van der Waals surface area contributed by atoms with Gasteiger partial charge in [0.05, 0.1) is 6.54 Å². The van der Waals surface area contributed by atoms with Gasteiger partial charge in [-0.3, -0.25) is 0 Å². The molecule has 0 saturated heterocycles. The van der Waals surface area contributed by atoms with Crippen molar-refractivity contribution >= 4 is 17.3 Å². The van der Waals surface area contributed by atoms with Gasteiger partial charge >= 0.3 is 0 Å². The molecule has 0 aliphatic heterocycles. The van der Waals surface area contributed by atoms with Gasteiger partial charge in [0, 0.05) is 11.1 Å². The van der Waals surface area contributed by atoms with Gasteiger partial charge < -0.3 is 5.32 Å². The van der Waals surface area contributed by atoms with Gasteiger partial charge in [-0.05, 0) is 30.0 Å². The van der Waals surface area contributed by atoms with Crippen LogP contribution in [0, 0.1) is 18.3 Å². The first-order chi connectivity index (χ1) is 7.79. The van der Waals surface area contributed by atoms with Gasteiger partial charge in [0.2, 0.25) is 5.95 Å². The molecule has 2 aromatic rings. The molecule has 0 spiro atoms. The Morgan fingerprint density at radius 2 is 2.38 bits per heavy atom. The Morgan fingerprint density at radius 1 is 1.50 bits per heavy atom. The first-order valence-corrected chi connectivity index (χ1v) is 5.67. The standard InChI is InChI=1S/C11H10N4S/c1-8-3-5-16-10(8)7-14-11-13-4-2-9(6-12)15-11/h2-5H,7H2,1H3,(H,13,14,15). The smallest absolute Gasteiger partial charge is 0.224 e. The van der Waals surface area contributed by atoms with Crippen LogP contribution in [0.4, 0.5) is 5.95 Å². The third kappa shape index (κ3) is 2.35. The summed E-state index contributed by atoms with van der Waals surface area (Å²) in [7, 11) is 0. The lowest BCUT2D eigenvalue weighted by molar-refractivity contribution is 1.05. The third-order valence-electron chi connectivity index (χ3n) is 2.15. The van der Waals surface area contributed by atoms with Gasteiger partial charge in [0.25, 0.3) is 0 Å². The summed E-state index contributed by atoms with van der Waals surface area (Å²) in [4.78, 5) is 9.34. The van der Waals surface area contributed by atoms with E-state index in [9.17, 15) is 0 Å². The molecular formula is C11H10N4S.